The molecule has 1 N–H and O–H groups in total. The van der Waals surface area contributed by atoms with E-state index in [-0.39, 0.29) is 5.56 Å². The summed E-state index contributed by atoms with van der Waals surface area (Å²) in [5.41, 5.74) is 2.05. The molecule has 2 aromatic rings. The van der Waals surface area contributed by atoms with Crippen LogP contribution in [0.4, 0.5) is 4.39 Å². The Labute approximate surface area is 114 Å². The molecule has 0 bridgehead atoms. The third-order valence-corrected chi connectivity index (χ3v) is 3.78. The highest BCUT2D eigenvalue weighted by Crippen LogP contribution is 2.31. The summed E-state index contributed by atoms with van der Waals surface area (Å²) < 4.78 is 13.0. The third kappa shape index (κ3) is 3.12. The van der Waals surface area contributed by atoms with Crippen LogP contribution in [-0.4, -0.2) is 16.1 Å². The van der Waals surface area contributed by atoms with Crippen molar-refractivity contribution in [2.45, 2.75) is 23.8 Å². The molecule has 1 aromatic heterocycles. The van der Waals surface area contributed by atoms with Crippen molar-refractivity contribution in [1.82, 2.24) is 4.98 Å². The molecule has 0 amide bonds. The van der Waals surface area contributed by atoms with Crippen LogP contribution in [0, 0.1) is 19.7 Å². The van der Waals surface area contributed by atoms with Crippen molar-refractivity contribution in [2.24, 2.45) is 0 Å². The number of rotatable bonds is 3. The zero-order chi connectivity index (χ0) is 14.0. The average molecular weight is 277 g/mol. The SMILES string of the molecule is Cc1ccc(Sc2ncc(F)cc2C(=O)O)c(C)c1. The minimum absolute atomic E-state index is 0.120. The Morgan fingerprint density at radius 2 is 2.05 bits per heavy atom. The molecular weight excluding hydrogens is 265 g/mol. The molecule has 2 rings (SSSR count). The number of nitrogens with zero attached hydrogens (tertiary/aromatic N) is 1. The van der Waals surface area contributed by atoms with Gasteiger partial charge in [0.2, 0.25) is 0 Å². The summed E-state index contributed by atoms with van der Waals surface area (Å²) in [6.45, 7) is 3.93. The normalized spacial score (nSPS) is 10.5. The van der Waals surface area contributed by atoms with Crippen LogP contribution in [0.3, 0.4) is 0 Å². The van der Waals surface area contributed by atoms with Crippen LogP contribution in [0.2, 0.25) is 0 Å². The minimum atomic E-state index is -1.18. The predicted octanol–water partition coefficient (Wildman–Crippen LogP) is 3.69. The predicted molar refractivity (Wildman–Crippen MR) is 71.2 cm³/mol. The van der Waals surface area contributed by atoms with Crippen molar-refractivity contribution in [3.8, 4) is 0 Å². The molecule has 1 aromatic carbocycles. The van der Waals surface area contributed by atoms with Gasteiger partial charge >= 0.3 is 5.97 Å². The second-order valence-corrected chi connectivity index (χ2v) is 5.21. The van der Waals surface area contributed by atoms with E-state index >= 15 is 0 Å². The van der Waals surface area contributed by atoms with Gasteiger partial charge in [0.05, 0.1) is 11.8 Å². The largest absolute Gasteiger partial charge is 0.478 e. The lowest BCUT2D eigenvalue weighted by Gasteiger charge is -2.08. The van der Waals surface area contributed by atoms with Crippen LogP contribution in [0.25, 0.3) is 0 Å². The molecule has 1 heterocycles. The zero-order valence-electron chi connectivity index (χ0n) is 10.5. The summed E-state index contributed by atoms with van der Waals surface area (Å²) in [5, 5.41) is 9.35. The topological polar surface area (TPSA) is 50.2 Å². The van der Waals surface area contributed by atoms with Crippen LogP contribution in [0.1, 0.15) is 21.5 Å². The molecule has 0 aliphatic carbocycles. The van der Waals surface area contributed by atoms with E-state index in [4.69, 9.17) is 5.11 Å². The third-order valence-electron chi connectivity index (χ3n) is 2.59. The maximum absolute atomic E-state index is 13.0. The Hall–Kier alpha value is -1.88. The lowest BCUT2D eigenvalue weighted by atomic mass is 10.2. The number of aryl methyl sites for hydroxylation is 2. The minimum Gasteiger partial charge on any atom is -0.478 e. The Bertz CT molecular complexity index is 643. The van der Waals surface area contributed by atoms with E-state index in [0.717, 1.165) is 28.3 Å². The standard InChI is InChI=1S/C14H12FNO2S/c1-8-3-4-12(9(2)5-8)19-13-11(14(17)18)6-10(15)7-16-13/h3-7H,1-2H3,(H,17,18). The Balaban J connectivity index is 2.40. The number of carboxylic acid groups (broad SMARTS) is 1. The summed E-state index contributed by atoms with van der Waals surface area (Å²) in [7, 11) is 0. The molecule has 0 unspecified atom stereocenters. The van der Waals surface area contributed by atoms with Gasteiger partial charge in [0.1, 0.15) is 10.8 Å². The molecule has 3 nitrogen and oxygen atoms in total. The van der Waals surface area contributed by atoms with Crippen molar-refractivity contribution in [3.63, 3.8) is 0 Å². The lowest BCUT2D eigenvalue weighted by Crippen LogP contribution is -2.02. The molecule has 0 aliphatic rings. The number of carboxylic acids is 1. The first-order chi connectivity index (χ1) is 8.97. The number of aromatic nitrogens is 1. The summed E-state index contributed by atoms with van der Waals surface area (Å²) in [5.74, 6) is -1.83. The van der Waals surface area contributed by atoms with Crippen molar-refractivity contribution < 1.29 is 14.3 Å². The van der Waals surface area contributed by atoms with E-state index in [2.05, 4.69) is 4.98 Å². The molecular formula is C14H12FNO2S. The summed E-state index contributed by atoms with van der Waals surface area (Å²) in [6, 6.07) is 6.85. The number of aromatic carboxylic acids is 1. The Morgan fingerprint density at radius 3 is 2.68 bits per heavy atom. The Morgan fingerprint density at radius 1 is 1.32 bits per heavy atom. The monoisotopic (exact) mass is 277 g/mol. The summed E-state index contributed by atoms with van der Waals surface area (Å²) in [4.78, 5) is 15.9. The van der Waals surface area contributed by atoms with Gasteiger partial charge in [-0.3, -0.25) is 0 Å². The number of carbonyl (C=O) groups is 1. The summed E-state index contributed by atoms with van der Waals surface area (Å²) >= 11 is 1.23. The number of halogens is 1. The highest BCUT2D eigenvalue weighted by Gasteiger charge is 2.14. The van der Waals surface area contributed by atoms with Crippen LogP contribution >= 0.6 is 11.8 Å². The smallest absolute Gasteiger partial charge is 0.338 e. The molecule has 0 saturated heterocycles. The van der Waals surface area contributed by atoms with E-state index in [0.29, 0.717) is 5.03 Å². The van der Waals surface area contributed by atoms with Gasteiger partial charge in [-0.25, -0.2) is 14.2 Å². The van der Waals surface area contributed by atoms with Crippen LogP contribution in [-0.2, 0) is 0 Å². The second kappa shape index (κ2) is 5.40. The van der Waals surface area contributed by atoms with Gasteiger partial charge in [-0.1, -0.05) is 29.5 Å². The van der Waals surface area contributed by atoms with Crippen LogP contribution in [0.15, 0.2) is 40.4 Å². The van der Waals surface area contributed by atoms with Crippen LogP contribution < -0.4 is 0 Å². The molecule has 5 heteroatoms. The van der Waals surface area contributed by atoms with Gasteiger partial charge in [0.25, 0.3) is 0 Å². The molecule has 19 heavy (non-hydrogen) atoms. The van der Waals surface area contributed by atoms with E-state index in [1.165, 1.54) is 11.8 Å². The zero-order valence-corrected chi connectivity index (χ0v) is 11.3. The quantitative estimate of drug-likeness (QED) is 0.929. The second-order valence-electron chi connectivity index (χ2n) is 4.18. The van der Waals surface area contributed by atoms with E-state index in [1.807, 2.05) is 32.0 Å². The average Bonchev–Trinajstić information content (AvgIpc) is 2.34. The van der Waals surface area contributed by atoms with E-state index in [9.17, 15) is 9.18 Å². The first-order valence-corrected chi connectivity index (χ1v) is 6.43. The fourth-order valence-corrected chi connectivity index (χ4v) is 2.61. The molecule has 0 saturated carbocycles. The van der Waals surface area contributed by atoms with Gasteiger partial charge in [0.15, 0.2) is 0 Å². The number of benzene rings is 1. The Kier molecular flexibility index (Phi) is 3.85. The fourth-order valence-electron chi connectivity index (χ4n) is 1.68. The lowest BCUT2D eigenvalue weighted by molar-refractivity contribution is 0.0691. The maximum atomic E-state index is 13.0. The van der Waals surface area contributed by atoms with E-state index in [1.54, 1.807) is 0 Å². The van der Waals surface area contributed by atoms with Gasteiger partial charge < -0.3 is 5.11 Å². The first kappa shape index (κ1) is 13.5. The molecule has 0 spiro atoms. The van der Waals surface area contributed by atoms with Crippen molar-refractivity contribution in [1.29, 1.82) is 0 Å². The number of hydrogen-bond donors (Lipinski definition) is 1. The maximum Gasteiger partial charge on any atom is 0.338 e. The van der Waals surface area contributed by atoms with Gasteiger partial charge in [-0.05, 0) is 31.5 Å². The van der Waals surface area contributed by atoms with Crippen molar-refractivity contribution in [2.75, 3.05) is 0 Å². The first-order valence-electron chi connectivity index (χ1n) is 5.61. The van der Waals surface area contributed by atoms with Crippen LogP contribution in [0.5, 0.6) is 0 Å². The van der Waals surface area contributed by atoms with Crippen molar-refractivity contribution in [3.05, 3.63) is 53.0 Å². The highest BCUT2D eigenvalue weighted by atomic mass is 32.2. The molecule has 0 radical (unpaired) electrons. The molecule has 0 aliphatic heterocycles. The molecule has 0 fully saturated rings. The number of hydrogen-bond acceptors (Lipinski definition) is 3. The van der Waals surface area contributed by atoms with Gasteiger partial charge in [-0.2, -0.15) is 0 Å². The van der Waals surface area contributed by atoms with Crippen molar-refractivity contribution >= 4 is 17.7 Å². The molecule has 98 valence electrons. The summed E-state index contributed by atoms with van der Waals surface area (Å²) in [6.07, 6.45) is 1.03. The fraction of sp³-hybridized carbons (Fsp3) is 0.143. The highest BCUT2D eigenvalue weighted by molar-refractivity contribution is 7.99. The number of pyridine rings is 1. The van der Waals surface area contributed by atoms with E-state index < -0.39 is 11.8 Å². The van der Waals surface area contributed by atoms with Gasteiger partial charge in [-0.15, -0.1) is 0 Å². The van der Waals surface area contributed by atoms with Gasteiger partial charge in [0, 0.05) is 4.90 Å². The molecule has 0 atom stereocenters.